The second-order valence-corrected chi connectivity index (χ2v) is 7.28. The number of nitrogens with zero attached hydrogens (tertiary/aromatic N) is 2. The van der Waals surface area contributed by atoms with Crippen LogP contribution in [0.5, 0.6) is 0 Å². The summed E-state index contributed by atoms with van der Waals surface area (Å²) in [5.41, 5.74) is 7.56. The summed E-state index contributed by atoms with van der Waals surface area (Å²) in [5.74, 6) is 0. The van der Waals surface area contributed by atoms with Gasteiger partial charge in [0.05, 0.1) is 5.69 Å². The summed E-state index contributed by atoms with van der Waals surface area (Å²) in [7, 11) is 2.13. The first kappa shape index (κ1) is 12.8. The molecule has 2 N–H and O–H groups in total. The SMILES string of the molecule is CN(CC(C)(C)C)c1nc2c(s1)CCCC2N. The van der Waals surface area contributed by atoms with Crippen molar-refractivity contribution in [2.45, 2.75) is 46.1 Å². The van der Waals surface area contributed by atoms with Crippen molar-refractivity contribution in [3.8, 4) is 0 Å². The van der Waals surface area contributed by atoms with E-state index in [9.17, 15) is 0 Å². The zero-order valence-electron chi connectivity index (χ0n) is 11.3. The highest BCUT2D eigenvalue weighted by Crippen LogP contribution is 2.35. The molecule has 0 aliphatic heterocycles. The maximum Gasteiger partial charge on any atom is 0.185 e. The van der Waals surface area contributed by atoms with Gasteiger partial charge < -0.3 is 10.6 Å². The molecule has 0 aromatic carbocycles. The van der Waals surface area contributed by atoms with Crippen LogP contribution in [-0.2, 0) is 6.42 Å². The fourth-order valence-corrected chi connectivity index (χ4v) is 3.51. The molecule has 1 unspecified atom stereocenters. The summed E-state index contributed by atoms with van der Waals surface area (Å²) in [6, 6.07) is 0.159. The third kappa shape index (κ3) is 2.99. The van der Waals surface area contributed by atoms with Crippen LogP contribution in [0, 0.1) is 5.41 Å². The van der Waals surface area contributed by atoms with Crippen molar-refractivity contribution in [3.05, 3.63) is 10.6 Å². The molecule has 0 saturated heterocycles. The van der Waals surface area contributed by atoms with E-state index in [1.165, 1.54) is 11.3 Å². The Morgan fingerprint density at radius 2 is 2.18 bits per heavy atom. The van der Waals surface area contributed by atoms with Crippen molar-refractivity contribution >= 4 is 16.5 Å². The number of hydrogen-bond acceptors (Lipinski definition) is 4. The van der Waals surface area contributed by atoms with Crippen LogP contribution in [0.15, 0.2) is 0 Å². The molecule has 0 bridgehead atoms. The molecule has 0 fully saturated rings. The average Bonchev–Trinajstić information content (AvgIpc) is 2.60. The van der Waals surface area contributed by atoms with E-state index in [0.717, 1.165) is 30.2 Å². The molecule has 1 heterocycles. The van der Waals surface area contributed by atoms with Crippen LogP contribution < -0.4 is 10.6 Å². The van der Waals surface area contributed by atoms with E-state index in [2.05, 4.69) is 32.7 Å². The van der Waals surface area contributed by atoms with Crippen molar-refractivity contribution in [3.63, 3.8) is 0 Å². The molecule has 2 rings (SSSR count). The Morgan fingerprint density at radius 1 is 1.47 bits per heavy atom. The lowest BCUT2D eigenvalue weighted by atomic mass is 9.96. The van der Waals surface area contributed by atoms with Gasteiger partial charge in [-0.3, -0.25) is 0 Å². The van der Waals surface area contributed by atoms with Gasteiger partial charge in [0.25, 0.3) is 0 Å². The summed E-state index contributed by atoms with van der Waals surface area (Å²) in [4.78, 5) is 8.40. The Morgan fingerprint density at radius 3 is 2.76 bits per heavy atom. The van der Waals surface area contributed by atoms with Crippen LogP contribution in [0.1, 0.15) is 50.2 Å². The zero-order chi connectivity index (χ0) is 12.6. The van der Waals surface area contributed by atoms with Crippen LogP contribution in [0.2, 0.25) is 0 Å². The molecule has 1 aliphatic rings. The molecule has 0 spiro atoms. The number of thiazole rings is 1. The Kier molecular flexibility index (Phi) is 3.46. The number of aryl methyl sites for hydroxylation is 1. The topological polar surface area (TPSA) is 42.2 Å². The predicted octanol–water partition coefficient (Wildman–Crippen LogP) is 2.96. The molecule has 1 atom stereocenters. The van der Waals surface area contributed by atoms with Gasteiger partial charge in [-0.05, 0) is 24.7 Å². The van der Waals surface area contributed by atoms with Crippen LogP contribution in [0.4, 0.5) is 5.13 Å². The van der Waals surface area contributed by atoms with E-state index in [4.69, 9.17) is 10.7 Å². The van der Waals surface area contributed by atoms with E-state index < -0.39 is 0 Å². The summed E-state index contributed by atoms with van der Waals surface area (Å²) < 4.78 is 0. The van der Waals surface area contributed by atoms with Crippen molar-refractivity contribution in [1.29, 1.82) is 0 Å². The van der Waals surface area contributed by atoms with Gasteiger partial charge in [-0.2, -0.15) is 0 Å². The Labute approximate surface area is 108 Å². The van der Waals surface area contributed by atoms with E-state index in [-0.39, 0.29) is 6.04 Å². The number of fused-ring (bicyclic) bond motifs is 1. The second kappa shape index (κ2) is 4.58. The molecule has 1 aliphatic carbocycles. The first-order chi connectivity index (χ1) is 7.87. The van der Waals surface area contributed by atoms with Crippen LogP contribution in [0.3, 0.4) is 0 Å². The van der Waals surface area contributed by atoms with Gasteiger partial charge in [0.1, 0.15) is 0 Å². The minimum absolute atomic E-state index is 0.159. The molecule has 1 aromatic heterocycles. The molecule has 0 amide bonds. The summed E-state index contributed by atoms with van der Waals surface area (Å²) in [6.07, 6.45) is 3.45. The lowest BCUT2D eigenvalue weighted by Gasteiger charge is -2.26. The Hall–Kier alpha value is -0.610. The molecule has 0 radical (unpaired) electrons. The molecule has 96 valence electrons. The van der Waals surface area contributed by atoms with E-state index in [0.29, 0.717) is 5.41 Å². The van der Waals surface area contributed by atoms with Crippen molar-refractivity contribution in [2.24, 2.45) is 11.1 Å². The average molecular weight is 253 g/mol. The third-order valence-corrected chi connectivity index (χ3v) is 4.27. The molecule has 3 nitrogen and oxygen atoms in total. The van der Waals surface area contributed by atoms with Gasteiger partial charge >= 0.3 is 0 Å². The highest BCUT2D eigenvalue weighted by molar-refractivity contribution is 7.15. The summed E-state index contributed by atoms with van der Waals surface area (Å²) in [6.45, 7) is 7.78. The highest BCUT2D eigenvalue weighted by Gasteiger charge is 2.24. The van der Waals surface area contributed by atoms with Gasteiger partial charge in [-0.25, -0.2) is 4.98 Å². The molecular weight excluding hydrogens is 230 g/mol. The minimum atomic E-state index is 0.159. The number of rotatable bonds is 2. The van der Waals surface area contributed by atoms with Crippen molar-refractivity contribution in [2.75, 3.05) is 18.5 Å². The van der Waals surface area contributed by atoms with Crippen molar-refractivity contribution < 1.29 is 0 Å². The lowest BCUT2D eigenvalue weighted by Crippen LogP contribution is -2.29. The van der Waals surface area contributed by atoms with Gasteiger partial charge in [0.15, 0.2) is 5.13 Å². The van der Waals surface area contributed by atoms with Gasteiger partial charge in [0.2, 0.25) is 0 Å². The van der Waals surface area contributed by atoms with Crippen LogP contribution >= 0.6 is 11.3 Å². The molecule has 17 heavy (non-hydrogen) atoms. The zero-order valence-corrected chi connectivity index (χ0v) is 12.1. The standard InChI is InChI=1S/C13H23N3S/c1-13(2,3)8-16(4)12-15-11-9(14)6-5-7-10(11)17-12/h9H,5-8,14H2,1-4H3. The first-order valence-electron chi connectivity index (χ1n) is 6.33. The summed E-state index contributed by atoms with van der Waals surface area (Å²) in [5, 5.41) is 1.13. The fourth-order valence-electron chi connectivity index (χ4n) is 2.38. The number of hydrogen-bond donors (Lipinski definition) is 1. The van der Waals surface area contributed by atoms with Crippen LogP contribution in [-0.4, -0.2) is 18.6 Å². The van der Waals surface area contributed by atoms with Crippen LogP contribution in [0.25, 0.3) is 0 Å². The molecular formula is C13H23N3S. The Balaban J connectivity index is 2.17. The van der Waals surface area contributed by atoms with E-state index >= 15 is 0 Å². The van der Waals surface area contributed by atoms with Gasteiger partial charge in [-0.1, -0.05) is 20.8 Å². The molecule has 0 saturated carbocycles. The number of anilines is 1. The largest absolute Gasteiger partial charge is 0.351 e. The molecule has 4 heteroatoms. The summed E-state index contributed by atoms with van der Waals surface area (Å²) >= 11 is 1.82. The third-order valence-electron chi connectivity index (χ3n) is 3.02. The number of aromatic nitrogens is 1. The predicted molar refractivity (Wildman–Crippen MR) is 74.7 cm³/mol. The van der Waals surface area contributed by atoms with E-state index in [1.54, 1.807) is 0 Å². The smallest absolute Gasteiger partial charge is 0.185 e. The van der Waals surface area contributed by atoms with E-state index in [1.807, 2.05) is 11.3 Å². The quantitative estimate of drug-likeness (QED) is 0.881. The maximum atomic E-state index is 6.11. The van der Waals surface area contributed by atoms with Gasteiger partial charge in [0, 0.05) is 24.5 Å². The fraction of sp³-hybridized carbons (Fsp3) is 0.769. The monoisotopic (exact) mass is 253 g/mol. The van der Waals surface area contributed by atoms with Crippen molar-refractivity contribution in [1.82, 2.24) is 4.98 Å². The Bertz CT molecular complexity index is 392. The second-order valence-electron chi connectivity index (χ2n) is 6.22. The lowest BCUT2D eigenvalue weighted by molar-refractivity contribution is 0.418. The minimum Gasteiger partial charge on any atom is -0.351 e. The maximum absolute atomic E-state index is 6.11. The first-order valence-corrected chi connectivity index (χ1v) is 7.15. The van der Waals surface area contributed by atoms with Gasteiger partial charge in [-0.15, -0.1) is 11.3 Å². The normalized spacial score (nSPS) is 20.2. The number of nitrogens with two attached hydrogens (primary N) is 1. The molecule has 1 aromatic rings. The highest BCUT2D eigenvalue weighted by atomic mass is 32.1.